The topological polar surface area (TPSA) is 119 Å². The third-order valence-corrected chi connectivity index (χ3v) is 7.24. The molecule has 4 rings (SSSR count). The molecule has 0 bridgehead atoms. The van der Waals surface area contributed by atoms with Gasteiger partial charge in [0.1, 0.15) is 6.23 Å². The first-order valence-corrected chi connectivity index (χ1v) is 12.6. The second-order valence-electron chi connectivity index (χ2n) is 9.67. The van der Waals surface area contributed by atoms with E-state index in [4.69, 9.17) is 4.84 Å². The smallest absolute Gasteiger partial charge is 0.237 e. The molecular formula is C22H41N7O3. The van der Waals surface area contributed by atoms with Gasteiger partial charge in [0.25, 0.3) is 0 Å². The van der Waals surface area contributed by atoms with Crippen LogP contribution in [-0.2, 0) is 14.4 Å². The standard InChI is InChI=1S/C22H41N7O3/c30-19(9-10-20-25-18(28-32-20)15-29-13-4-1-5-14-29)23-11-6-12-24-21-16-7-2-3-8-17(16)22(31)27-26-21/h16-18,20-21,24-26,28H,1-15H2,(H,23,30)(H,27,31). The van der Waals surface area contributed by atoms with Gasteiger partial charge in [-0.2, -0.15) is 5.48 Å². The zero-order valence-corrected chi connectivity index (χ0v) is 19.2. The minimum Gasteiger partial charge on any atom is -0.356 e. The second kappa shape index (κ2) is 12.2. The van der Waals surface area contributed by atoms with Crippen LogP contribution in [0.1, 0.15) is 64.2 Å². The van der Waals surface area contributed by atoms with Crippen molar-refractivity contribution in [2.45, 2.75) is 82.8 Å². The average Bonchev–Trinajstić information content (AvgIpc) is 3.27. The highest BCUT2D eigenvalue weighted by atomic mass is 16.7. The van der Waals surface area contributed by atoms with Crippen LogP contribution in [-0.4, -0.2) is 68.0 Å². The fourth-order valence-corrected chi connectivity index (χ4v) is 5.45. The predicted octanol–water partition coefficient (Wildman–Crippen LogP) is -0.108. The summed E-state index contributed by atoms with van der Waals surface area (Å²) in [5, 5.41) is 9.94. The summed E-state index contributed by atoms with van der Waals surface area (Å²) in [6.07, 6.45) is 10.4. The molecule has 1 saturated carbocycles. The van der Waals surface area contributed by atoms with Crippen molar-refractivity contribution in [1.29, 1.82) is 0 Å². The maximum absolute atomic E-state index is 12.2. The van der Waals surface area contributed by atoms with E-state index in [9.17, 15) is 9.59 Å². The Balaban J connectivity index is 1.03. The molecule has 0 aromatic heterocycles. The van der Waals surface area contributed by atoms with E-state index in [0.717, 1.165) is 51.9 Å². The molecule has 0 spiro atoms. The minimum atomic E-state index is -0.117. The number of carbonyl (C=O) groups is 2. The van der Waals surface area contributed by atoms with Gasteiger partial charge in [0.2, 0.25) is 11.8 Å². The van der Waals surface area contributed by atoms with E-state index in [1.165, 1.54) is 25.7 Å². The van der Waals surface area contributed by atoms with Gasteiger partial charge in [-0.3, -0.25) is 25.2 Å². The molecule has 0 aromatic rings. The van der Waals surface area contributed by atoms with E-state index < -0.39 is 0 Å². The van der Waals surface area contributed by atoms with Gasteiger partial charge in [0, 0.05) is 31.3 Å². The van der Waals surface area contributed by atoms with Crippen LogP contribution in [0.15, 0.2) is 0 Å². The van der Waals surface area contributed by atoms with E-state index in [-0.39, 0.29) is 36.3 Å². The molecule has 5 unspecified atom stereocenters. The number of nitrogens with one attached hydrogen (secondary N) is 6. The maximum atomic E-state index is 12.2. The number of piperidine rings is 1. The summed E-state index contributed by atoms with van der Waals surface area (Å²) in [6, 6.07) is 0. The molecule has 3 aliphatic heterocycles. The van der Waals surface area contributed by atoms with Gasteiger partial charge in [-0.25, -0.2) is 5.43 Å². The Kier molecular flexibility index (Phi) is 9.12. The Hall–Kier alpha value is -1.30. The van der Waals surface area contributed by atoms with E-state index in [2.05, 4.69) is 37.2 Å². The number of amides is 2. The number of likely N-dealkylation sites (tertiary alicyclic amines) is 1. The molecule has 10 nitrogen and oxygen atoms in total. The highest BCUT2D eigenvalue weighted by Crippen LogP contribution is 2.33. The number of carbonyl (C=O) groups excluding carboxylic acids is 2. The molecule has 4 aliphatic rings. The highest BCUT2D eigenvalue weighted by Gasteiger charge is 2.39. The van der Waals surface area contributed by atoms with Crippen molar-refractivity contribution in [2.75, 3.05) is 32.7 Å². The Labute approximate surface area is 191 Å². The average molecular weight is 452 g/mol. The fourth-order valence-electron chi connectivity index (χ4n) is 5.45. The van der Waals surface area contributed by atoms with E-state index >= 15 is 0 Å². The molecular weight excluding hydrogens is 410 g/mol. The number of rotatable bonds is 10. The van der Waals surface area contributed by atoms with Crippen molar-refractivity contribution in [3.05, 3.63) is 0 Å². The van der Waals surface area contributed by atoms with Crippen LogP contribution in [0.3, 0.4) is 0 Å². The second-order valence-corrected chi connectivity index (χ2v) is 9.67. The van der Waals surface area contributed by atoms with Crippen LogP contribution in [0.25, 0.3) is 0 Å². The Morgan fingerprint density at radius 2 is 1.94 bits per heavy atom. The van der Waals surface area contributed by atoms with Crippen molar-refractivity contribution >= 4 is 11.8 Å². The number of nitrogens with zero attached hydrogens (tertiary/aromatic N) is 1. The Morgan fingerprint density at radius 3 is 2.81 bits per heavy atom. The van der Waals surface area contributed by atoms with Crippen molar-refractivity contribution in [3.63, 3.8) is 0 Å². The van der Waals surface area contributed by atoms with Gasteiger partial charge in [-0.15, -0.1) is 0 Å². The van der Waals surface area contributed by atoms with Gasteiger partial charge >= 0.3 is 0 Å². The summed E-state index contributed by atoms with van der Waals surface area (Å²) >= 11 is 0. The van der Waals surface area contributed by atoms with Crippen LogP contribution in [0.2, 0.25) is 0 Å². The minimum absolute atomic E-state index is 0.0604. The lowest BCUT2D eigenvalue weighted by molar-refractivity contribution is -0.134. The molecule has 32 heavy (non-hydrogen) atoms. The molecule has 0 aromatic carbocycles. The Morgan fingerprint density at radius 1 is 1.09 bits per heavy atom. The number of hydrogen-bond acceptors (Lipinski definition) is 8. The zero-order chi connectivity index (χ0) is 22.2. The molecule has 4 fully saturated rings. The van der Waals surface area contributed by atoms with Crippen LogP contribution >= 0.6 is 0 Å². The summed E-state index contributed by atoms with van der Waals surface area (Å²) in [5.41, 5.74) is 9.00. The number of hydrazine groups is 1. The van der Waals surface area contributed by atoms with Crippen LogP contribution in [0.4, 0.5) is 0 Å². The van der Waals surface area contributed by atoms with Gasteiger partial charge in [-0.05, 0) is 58.2 Å². The summed E-state index contributed by atoms with van der Waals surface area (Å²) in [7, 11) is 0. The summed E-state index contributed by atoms with van der Waals surface area (Å²) < 4.78 is 0. The van der Waals surface area contributed by atoms with Gasteiger partial charge in [0.15, 0.2) is 0 Å². The lowest BCUT2D eigenvalue weighted by Crippen LogP contribution is -2.64. The van der Waals surface area contributed by atoms with Crippen molar-refractivity contribution in [3.8, 4) is 0 Å². The molecule has 0 radical (unpaired) electrons. The molecule has 10 heteroatoms. The first-order chi connectivity index (χ1) is 15.7. The van der Waals surface area contributed by atoms with Crippen LogP contribution < -0.4 is 32.3 Å². The molecule has 6 N–H and O–H groups in total. The quantitative estimate of drug-likeness (QED) is 0.255. The maximum Gasteiger partial charge on any atom is 0.237 e. The molecule has 2 amide bonds. The summed E-state index contributed by atoms with van der Waals surface area (Å²) in [4.78, 5) is 32.3. The van der Waals surface area contributed by atoms with Gasteiger partial charge in [0.05, 0.1) is 12.3 Å². The van der Waals surface area contributed by atoms with Gasteiger partial charge in [-0.1, -0.05) is 19.3 Å². The van der Waals surface area contributed by atoms with Crippen molar-refractivity contribution in [2.24, 2.45) is 11.8 Å². The Bertz CT molecular complexity index is 616. The molecule has 1 aliphatic carbocycles. The third kappa shape index (κ3) is 6.85. The number of hydroxylamine groups is 1. The first kappa shape index (κ1) is 23.8. The zero-order valence-electron chi connectivity index (χ0n) is 19.2. The largest absolute Gasteiger partial charge is 0.356 e. The first-order valence-electron chi connectivity index (χ1n) is 12.6. The normalized spacial score (nSPS) is 33.5. The fraction of sp³-hybridized carbons (Fsp3) is 0.909. The van der Waals surface area contributed by atoms with Crippen LogP contribution in [0, 0.1) is 11.8 Å². The predicted molar refractivity (Wildman–Crippen MR) is 121 cm³/mol. The number of fused-ring (bicyclic) bond motifs is 1. The van der Waals surface area contributed by atoms with Crippen LogP contribution in [0.5, 0.6) is 0 Å². The summed E-state index contributed by atoms with van der Waals surface area (Å²) in [6.45, 7) is 4.71. The van der Waals surface area contributed by atoms with E-state index in [1.807, 2.05) is 0 Å². The highest BCUT2D eigenvalue weighted by molar-refractivity contribution is 5.79. The number of hydrogen-bond donors (Lipinski definition) is 6. The molecule has 3 heterocycles. The molecule has 5 atom stereocenters. The third-order valence-electron chi connectivity index (χ3n) is 7.24. The van der Waals surface area contributed by atoms with Crippen molar-refractivity contribution < 1.29 is 14.4 Å². The lowest BCUT2D eigenvalue weighted by atomic mass is 9.76. The molecule has 182 valence electrons. The summed E-state index contributed by atoms with van der Waals surface area (Å²) in [5.74, 6) is 0.681. The van der Waals surface area contributed by atoms with Gasteiger partial charge < -0.3 is 15.5 Å². The van der Waals surface area contributed by atoms with E-state index in [1.54, 1.807) is 0 Å². The van der Waals surface area contributed by atoms with Crippen molar-refractivity contribution in [1.82, 2.24) is 37.2 Å². The van der Waals surface area contributed by atoms with E-state index in [0.29, 0.717) is 25.3 Å². The molecule has 3 saturated heterocycles. The SMILES string of the molecule is O=C(CCC1NC(CN2CCCCC2)NO1)NCCCNC1NNC(=O)C2CCCCC12. The monoisotopic (exact) mass is 451 g/mol. The lowest BCUT2D eigenvalue weighted by Gasteiger charge is -2.41.